The van der Waals surface area contributed by atoms with Crippen molar-refractivity contribution in [3.05, 3.63) is 64.2 Å². The molecule has 136 valence electrons. The molecule has 0 aromatic heterocycles. The van der Waals surface area contributed by atoms with E-state index < -0.39 is 0 Å². The molecule has 1 aliphatic rings. The average molecular weight is 372 g/mol. The number of aryl methyl sites for hydroxylation is 2. The summed E-state index contributed by atoms with van der Waals surface area (Å²) in [4.78, 5) is 27.0. The summed E-state index contributed by atoms with van der Waals surface area (Å²) >= 11 is 5.88. The number of ether oxygens (including phenoxy) is 1. The Kier molecular flexibility index (Phi) is 5.62. The van der Waals surface area contributed by atoms with E-state index >= 15 is 0 Å². The van der Waals surface area contributed by atoms with Crippen molar-refractivity contribution in [2.24, 2.45) is 5.92 Å². The van der Waals surface area contributed by atoms with Gasteiger partial charge < -0.3 is 9.64 Å². The predicted molar refractivity (Wildman–Crippen MR) is 102 cm³/mol. The zero-order valence-corrected chi connectivity index (χ0v) is 15.8. The lowest BCUT2D eigenvalue weighted by Gasteiger charge is -2.31. The van der Waals surface area contributed by atoms with E-state index in [1.54, 1.807) is 29.2 Å². The van der Waals surface area contributed by atoms with E-state index in [2.05, 4.69) is 0 Å². The van der Waals surface area contributed by atoms with Crippen molar-refractivity contribution in [2.45, 2.75) is 26.7 Å². The number of likely N-dealkylation sites (tertiary alicyclic amines) is 1. The van der Waals surface area contributed by atoms with Crippen molar-refractivity contribution in [2.75, 3.05) is 13.1 Å². The lowest BCUT2D eigenvalue weighted by atomic mass is 9.97. The van der Waals surface area contributed by atoms with Crippen LogP contribution in [0.5, 0.6) is 5.75 Å². The van der Waals surface area contributed by atoms with Gasteiger partial charge in [-0.05, 0) is 62.1 Å². The zero-order valence-electron chi connectivity index (χ0n) is 15.0. The van der Waals surface area contributed by atoms with Gasteiger partial charge in [0.05, 0.1) is 5.92 Å². The topological polar surface area (TPSA) is 46.6 Å². The Morgan fingerprint density at radius 1 is 1.08 bits per heavy atom. The van der Waals surface area contributed by atoms with E-state index in [9.17, 15) is 9.59 Å². The van der Waals surface area contributed by atoms with E-state index in [1.165, 1.54) is 0 Å². The molecule has 0 N–H and O–H groups in total. The second-order valence-corrected chi connectivity index (χ2v) is 7.18. The summed E-state index contributed by atoms with van der Waals surface area (Å²) in [5.41, 5.74) is 2.45. The maximum atomic E-state index is 12.7. The first kappa shape index (κ1) is 18.5. The molecule has 0 radical (unpaired) electrons. The first-order chi connectivity index (χ1) is 12.5. The number of benzene rings is 2. The fourth-order valence-electron chi connectivity index (χ4n) is 3.27. The highest BCUT2D eigenvalue weighted by Crippen LogP contribution is 2.26. The Balaban J connectivity index is 1.69. The Hall–Kier alpha value is -2.33. The van der Waals surface area contributed by atoms with Crippen LogP contribution >= 0.6 is 11.6 Å². The molecular formula is C21H22ClNO3. The second-order valence-electron chi connectivity index (χ2n) is 6.74. The molecule has 2 aromatic carbocycles. The number of rotatable bonds is 3. The first-order valence-electron chi connectivity index (χ1n) is 8.78. The summed E-state index contributed by atoms with van der Waals surface area (Å²) in [6, 6.07) is 12.6. The summed E-state index contributed by atoms with van der Waals surface area (Å²) in [6.07, 6.45) is 1.51. The van der Waals surface area contributed by atoms with Gasteiger partial charge in [-0.15, -0.1) is 0 Å². The molecule has 26 heavy (non-hydrogen) atoms. The highest BCUT2D eigenvalue weighted by molar-refractivity contribution is 6.30. The van der Waals surface area contributed by atoms with Gasteiger partial charge in [0.15, 0.2) is 0 Å². The number of nitrogens with zero attached hydrogens (tertiary/aromatic N) is 1. The third kappa shape index (κ3) is 4.07. The van der Waals surface area contributed by atoms with Gasteiger partial charge in [-0.25, -0.2) is 0 Å². The van der Waals surface area contributed by atoms with Gasteiger partial charge in [-0.1, -0.05) is 29.8 Å². The number of carbonyl (C=O) groups excluding carboxylic acids is 2. The van der Waals surface area contributed by atoms with Crippen LogP contribution in [-0.2, 0) is 4.79 Å². The number of amides is 1. The van der Waals surface area contributed by atoms with Gasteiger partial charge in [-0.3, -0.25) is 9.59 Å². The van der Waals surface area contributed by atoms with Gasteiger partial charge in [-0.2, -0.15) is 0 Å². The number of esters is 1. The van der Waals surface area contributed by atoms with Gasteiger partial charge >= 0.3 is 5.97 Å². The molecule has 1 fully saturated rings. The summed E-state index contributed by atoms with van der Waals surface area (Å²) in [5, 5.41) is 0.593. The van der Waals surface area contributed by atoms with Crippen molar-refractivity contribution in [3.8, 4) is 5.75 Å². The third-order valence-electron chi connectivity index (χ3n) is 4.74. The predicted octanol–water partition coefficient (Wildman–Crippen LogP) is 4.41. The van der Waals surface area contributed by atoms with Crippen molar-refractivity contribution in [1.82, 2.24) is 4.90 Å². The number of hydrogen-bond donors (Lipinski definition) is 0. The monoisotopic (exact) mass is 371 g/mol. The van der Waals surface area contributed by atoms with Crippen LogP contribution in [0.25, 0.3) is 0 Å². The zero-order chi connectivity index (χ0) is 18.7. The summed E-state index contributed by atoms with van der Waals surface area (Å²) in [6.45, 7) is 4.87. The van der Waals surface area contributed by atoms with E-state index in [1.807, 2.05) is 32.0 Å². The normalized spacial score (nSPS) is 17.0. The molecule has 1 heterocycles. The maximum absolute atomic E-state index is 12.7. The number of carbonyl (C=O) groups is 2. The fourth-order valence-corrected chi connectivity index (χ4v) is 3.40. The fraction of sp³-hybridized carbons (Fsp3) is 0.333. The van der Waals surface area contributed by atoms with Crippen molar-refractivity contribution in [3.63, 3.8) is 0 Å². The molecule has 0 saturated carbocycles. The van der Waals surface area contributed by atoms with Crippen LogP contribution in [-0.4, -0.2) is 29.9 Å². The average Bonchev–Trinajstić information content (AvgIpc) is 2.65. The molecule has 1 aliphatic heterocycles. The third-order valence-corrected chi connectivity index (χ3v) is 5.00. The minimum absolute atomic E-state index is 0.0776. The summed E-state index contributed by atoms with van der Waals surface area (Å²) in [7, 11) is 0. The van der Waals surface area contributed by atoms with Crippen molar-refractivity contribution in [1.29, 1.82) is 0 Å². The molecular weight excluding hydrogens is 350 g/mol. The largest absolute Gasteiger partial charge is 0.426 e. The van der Waals surface area contributed by atoms with Crippen LogP contribution in [0.15, 0.2) is 42.5 Å². The Morgan fingerprint density at radius 3 is 2.38 bits per heavy atom. The molecule has 5 heteroatoms. The number of piperidine rings is 1. The van der Waals surface area contributed by atoms with Crippen LogP contribution in [0.1, 0.15) is 34.3 Å². The van der Waals surface area contributed by atoms with Crippen LogP contribution in [0.2, 0.25) is 5.02 Å². The minimum atomic E-state index is -0.306. The molecule has 4 nitrogen and oxygen atoms in total. The minimum Gasteiger partial charge on any atom is -0.426 e. The number of halogens is 1. The standard InChI is InChI=1S/C21H22ClNO3/c1-14-5-3-6-15(2)19(14)26-21(25)17-7-4-12-23(13-17)20(24)16-8-10-18(22)11-9-16/h3,5-6,8-11,17H,4,7,12-13H2,1-2H3/t17-/m1/s1. The Morgan fingerprint density at radius 2 is 1.73 bits per heavy atom. The molecule has 0 bridgehead atoms. The second kappa shape index (κ2) is 7.92. The molecule has 0 unspecified atom stereocenters. The molecule has 0 aliphatic carbocycles. The molecule has 1 atom stereocenters. The van der Waals surface area contributed by atoms with Gasteiger partial charge in [0.2, 0.25) is 0 Å². The van der Waals surface area contributed by atoms with Gasteiger partial charge in [0.1, 0.15) is 5.75 Å². The highest BCUT2D eigenvalue weighted by atomic mass is 35.5. The van der Waals surface area contributed by atoms with E-state index in [4.69, 9.17) is 16.3 Å². The van der Waals surface area contributed by atoms with Crippen LogP contribution in [0, 0.1) is 19.8 Å². The summed E-state index contributed by atoms with van der Waals surface area (Å²) in [5.74, 6) is -0.0279. The van der Waals surface area contributed by atoms with Crippen molar-refractivity contribution < 1.29 is 14.3 Å². The highest BCUT2D eigenvalue weighted by Gasteiger charge is 2.30. The Labute approximate surface area is 158 Å². The first-order valence-corrected chi connectivity index (χ1v) is 9.16. The quantitative estimate of drug-likeness (QED) is 0.593. The van der Waals surface area contributed by atoms with E-state index in [0.29, 0.717) is 29.4 Å². The maximum Gasteiger partial charge on any atom is 0.316 e. The number of hydrogen-bond acceptors (Lipinski definition) is 3. The van der Waals surface area contributed by atoms with Crippen LogP contribution in [0.3, 0.4) is 0 Å². The van der Waals surface area contributed by atoms with Gasteiger partial charge in [0.25, 0.3) is 5.91 Å². The van der Waals surface area contributed by atoms with Crippen LogP contribution in [0.4, 0.5) is 0 Å². The molecule has 3 rings (SSSR count). The lowest BCUT2D eigenvalue weighted by Crippen LogP contribution is -2.43. The van der Waals surface area contributed by atoms with E-state index in [-0.39, 0.29) is 17.8 Å². The molecule has 1 saturated heterocycles. The molecule has 0 spiro atoms. The van der Waals surface area contributed by atoms with Gasteiger partial charge in [0, 0.05) is 23.7 Å². The lowest BCUT2D eigenvalue weighted by molar-refractivity contribution is -0.140. The van der Waals surface area contributed by atoms with E-state index in [0.717, 1.165) is 24.0 Å². The SMILES string of the molecule is Cc1cccc(C)c1OC(=O)[C@@H]1CCCN(C(=O)c2ccc(Cl)cc2)C1. The smallest absolute Gasteiger partial charge is 0.316 e. The van der Waals surface area contributed by atoms with Crippen molar-refractivity contribution >= 4 is 23.5 Å². The molecule has 2 aromatic rings. The number of para-hydroxylation sites is 1. The Bertz CT molecular complexity index is 796. The summed E-state index contributed by atoms with van der Waals surface area (Å²) < 4.78 is 5.67. The van der Waals surface area contributed by atoms with Crippen LogP contribution < -0.4 is 4.74 Å². The molecule has 1 amide bonds.